The number of anilines is 1. The van der Waals surface area contributed by atoms with Gasteiger partial charge in [0.1, 0.15) is 5.58 Å². The van der Waals surface area contributed by atoms with Gasteiger partial charge in [0.05, 0.1) is 0 Å². The number of benzene rings is 1. The van der Waals surface area contributed by atoms with Gasteiger partial charge in [-0.05, 0) is 42.5 Å². The van der Waals surface area contributed by atoms with Crippen LogP contribution in [-0.4, -0.2) is 12.5 Å². The molecule has 3 rings (SSSR count). The van der Waals surface area contributed by atoms with Crippen LogP contribution in [0.5, 0.6) is 0 Å². The average molecular weight is 258 g/mol. The first kappa shape index (κ1) is 12.1. The number of nitrogens with one attached hydrogen (secondary N) is 1. The molecule has 1 amide bonds. The Morgan fingerprint density at radius 1 is 1.42 bits per heavy atom. The number of carbonyl (C=O) groups is 1. The van der Waals surface area contributed by atoms with Gasteiger partial charge in [-0.1, -0.05) is 13.3 Å². The summed E-state index contributed by atoms with van der Waals surface area (Å²) in [5, 5.41) is 3.81. The molecule has 0 bridgehead atoms. The van der Waals surface area contributed by atoms with Crippen LogP contribution in [0.3, 0.4) is 0 Å². The third-order valence-electron chi connectivity index (χ3n) is 4.00. The van der Waals surface area contributed by atoms with Gasteiger partial charge in [-0.15, -0.1) is 0 Å². The Hall–Kier alpha value is -1.97. The first-order valence-corrected chi connectivity index (χ1v) is 6.63. The number of furan rings is 1. The lowest BCUT2D eigenvalue weighted by Gasteiger charge is -2.38. The molecule has 4 nitrogen and oxygen atoms in total. The molecular formula is C15H18N2O2. The Labute approximate surface area is 112 Å². The molecule has 1 fully saturated rings. The quantitative estimate of drug-likeness (QED) is 0.832. The minimum Gasteiger partial charge on any atom is -0.451 e. The Bertz CT molecular complexity index is 626. The molecule has 0 aliphatic heterocycles. The predicted octanol–water partition coefficient (Wildman–Crippen LogP) is 2.94. The van der Waals surface area contributed by atoms with Gasteiger partial charge < -0.3 is 15.5 Å². The highest BCUT2D eigenvalue weighted by molar-refractivity contribution is 5.96. The van der Waals surface area contributed by atoms with Gasteiger partial charge in [-0.3, -0.25) is 4.79 Å². The summed E-state index contributed by atoms with van der Waals surface area (Å²) in [5.74, 6) is 0.200. The molecule has 1 saturated carbocycles. The van der Waals surface area contributed by atoms with E-state index in [1.807, 2.05) is 6.07 Å². The van der Waals surface area contributed by atoms with Gasteiger partial charge in [0.25, 0.3) is 5.91 Å². The van der Waals surface area contributed by atoms with E-state index in [1.54, 1.807) is 18.2 Å². The van der Waals surface area contributed by atoms with Gasteiger partial charge >= 0.3 is 0 Å². The molecule has 1 aliphatic rings. The zero-order chi connectivity index (χ0) is 13.5. The van der Waals surface area contributed by atoms with Crippen molar-refractivity contribution < 1.29 is 9.21 Å². The van der Waals surface area contributed by atoms with E-state index in [0.717, 1.165) is 5.39 Å². The standard InChI is InChI=1S/C15H18N2O2/c1-15(5-2-6-15)9-17-14(18)13-8-10-7-11(16)3-4-12(10)19-13/h3-4,7-8H,2,5-6,9,16H2,1H3,(H,17,18). The summed E-state index contributed by atoms with van der Waals surface area (Å²) in [4.78, 5) is 12.0. The summed E-state index contributed by atoms with van der Waals surface area (Å²) in [5.41, 5.74) is 7.34. The van der Waals surface area contributed by atoms with Gasteiger partial charge in [-0.2, -0.15) is 0 Å². The molecule has 0 saturated heterocycles. The highest BCUT2D eigenvalue weighted by atomic mass is 16.3. The monoisotopic (exact) mass is 258 g/mol. The second kappa shape index (κ2) is 4.30. The highest BCUT2D eigenvalue weighted by Gasteiger charge is 2.32. The van der Waals surface area contributed by atoms with E-state index in [1.165, 1.54) is 19.3 Å². The lowest BCUT2D eigenvalue weighted by atomic mass is 9.70. The van der Waals surface area contributed by atoms with Crippen molar-refractivity contribution in [3.05, 3.63) is 30.0 Å². The molecule has 1 heterocycles. The maximum absolute atomic E-state index is 12.0. The number of nitrogens with two attached hydrogens (primary N) is 1. The zero-order valence-electron chi connectivity index (χ0n) is 11.0. The van der Waals surface area contributed by atoms with Crippen LogP contribution >= 0.6 is 0 Å². The predicted molar refractivity (Wildman–Crippen MR) is 74.9 cm³/mol. The van der Waals surface area contributed by atoms with Crippen molar-refractivity contribution in [2.75, 3.05) is 12.3 Å². The van der Waals surface area contributed by atoms with Crippen molar-refractivity contribution in [2.45, 2.75) is 26.2 Å². The van der Waals surface area contributed by atoms with E-state index in [9.17, 15) is 4.79 Å². The zero-order valence-corrected chi connectivity index (χ0v) is 11.0. The summed E-state index contributed by atoms with van der Waals surface area (Å²) in [7, 11) is 0. The van der Waals surface area contributed by atoms with Gasteiger partial charge in [0, 0.05) is 17.6 Å². The summed E-state index contributed by atoms with van der Waals surface area (Å²) in [6, 6.07) is 7.10. The molecule has 19 heavy (non-hydrogen) atoms. The molecular weight excluding hydrogens is 240 g/mol. The Morgan fingerprint density at radius 2 is 2.21 bits per heavy atom. The fraction of sp³-hybridized carbons (Fsp3) is 0.400. The van der Waals surface area contributed by atoms with E-state index in [0.29, 0.717) is 23.6 Å². The van der Waals surface area contributed by atoms with Crippen molar-refractivity contribution in [3.63, 3.8) is 0 Å². The van der Waals surface area contributed by atoms with E-state index in [-0.39, 0.29) is 11.3 Å². The summed E-state index contributed by atoms with van der Waals surface area (Å²) in [6.45, 7) is 2.92. The first-order valence-electron chi connectivity index (χ1n) is 6.63. The van der Waals surface area contributed by atoms with E-state index in [4.69, 9.17) is 10.2 Å². The van der Waals surface area contributed by atoms with Crippen LogP contribution in [0.4, 0.5) is 5.69 Å². The van der Waals surface area contributed by atoms with Crippen LogP contribution in [0, 0.1) is 5.41 Å². The number of rotatable bonds is 3. The molecule has 4 heteroatoms. The maximum Gasteiger partial charge on any atom is 0.287 e. The largest absolute Gasteiger partial charge is 0.451 e. The fourth-order valence-corrected chi connectivity index (χ4v) is 2.51. The highest BCUT2D eigenvalue weighted by Crippen LogP contribution is 2.39. The SMILES string of the molecule is CC1(CNC(=O)c2cc3cc(N)ccc3o2)CCC1. The van der Waals surface area contributed by atoms with Gasteiger partial charge in [0.15, 0.2) is 5.76 Å². The molecule has 0 radical (unpaired) electrons. The maximum atomic E-state index is 12.0. The number of hydrogen-bond acceptors (Lipinski definition) is 3. The molecule has 0 spiro atoms. The van der Waals surface area contributed by atoms with Crippen molar-refractivity contribution in [1.82, 2.24) is 5.32 Å². The average Bonchev–Trinajstić information content (AvgIpc) is 2.76. The second-order valence-electron chi connectivity index (χ2n) is 5.75. The van der Waals surface area contributed by atoms with Crippen LogP contribution in [0.15, 0.2) is 28.7 Å². The summed E-state index contributed by atoms with van der Waals surface area (Å²) < 4.78 is 5.53. The summed E-state index contributed by atoms with van der Waals surface area (Å²) in [6.07, 6.45) is 3.63. The van der Waals surface area contributed by atoms with Crippen LogP contribution in [0.2, 0.25) is 0 Å². The number of carbonyl (C=O) groups excluding carboxylic acids is 1. The van der Waals surface area contributed by atoms with Crippen LogP contribution < -0.4 is 11.1 Å². The number of hydrogen-bond donors (Lipinski definition) is 2. The minimum absolute atomic E-state index is 0.150. The van der Waals surface area contributed by atoms with Crippen molar-refractivity contribution in [1.29, 1.82) is 0 Å². The third-order valence-corrected chi connectivity index (χ3v) is 4.00. The van der Waals surface area contributed by atoms with E-state index < -0.39 is 0 Å². The number of nitrogen functional groups attached to an aromatic ring is 1. The topological polar surface area (TPSA) is 68.3 Å². The van der Waals surface area contributed by atoms with Crippen LogP contribution in [0.25, 0.3) is 11.0 Å². The lowest BCUT2D eigenvalue weighted by Crippen LogP contribution is -2.39. The third kappa shape index (κ3) is 2.30. The van der Waals surface area contributed by atoms with Crippen LogP contribution in [0.1, 0.15) is 36.7 Å². The normalized spacial score (nSPS) is 17.1. The summed E-state index contributed by atoms with van der Waals surface area (Å²) >= 11 is 0. The molecule has 0 unspecified atom stereocenters. The number of fused-ring (bicyclic) bond motifs is 1. The molecule has 2 aromatic rings. The lowest BCUT2D eigenvalue weighted by molar-refractivity contribution is 0.0866. The molecule has 3 N–H and O–H groups in total. The smallest absolute Gasteiger partial charge is 0.287 e. The Morgan fingerprint density at radius 3 is 2.89 bits per heavy atom. The van der Waals surface area contributed by atoms with Gasteiger partial charge in [0.2, 0.25) is 0 Å². The number of amides is 1. The second-order valence-corrected chi connectivity index (χ2v) is 5.75. The van der Waals surface area contributed by atoms with Crippen molar-refractivity contribution >= 4 is 22.6 Å². The molecule has 1 aromatic carbocycles. The van der Waals surface area contributed by atoms with Crippen molar-refractivity contribution in [2.24, 2.45) is 5.41 Å². The Balaban J connectivity index is 1.74. The first-order chi connectivity index (χ1) is 9.06. The molecule has 100 valence electrons. The molecule has 1 aromatic heterocycles. The van der Waals surface area contributed by atoms with Crippen LogP contribution in [-0.2, 0) is 0 Å². The van der Waals surface area contributed by atoms with Gasteiger partial charge in [-0.25, -0.2) is 0 Å². The van der Waals surface area contributed by atoms with E-state index in [2.05, 4.69) is 12.2 Å². The minimum atomic E-state index is -0.150. The van der Waals surface area contributed by atoms with Crippen molar-refractivity contribution in [3.8, 4) is 0 Å². The Kier molecular flexibility index (Phi) is 2.73. The fourth-order valence-electron chi connectivity index (χ4n) is 2.51. The molecule has 1 aliphatic carbocycles. The molecule has 0 atom stereocenters. The van der Waals surface area contributed by atoms with E-state index >= 15 is 0 Å².